The molecule has 0 aliphatic carbocycles. The van der Waals surface area contributed by atoms with Gasteiger partial charge in [0.05, 0.1) is 33.5 Å². The maximum Gasteiger partial charge on any atom is 0.251 e. The monoisotopic (exact) mass is 366 g/mol. The van der Waals surface area contributed by atoms with Crippen molar-refractivity contribution in [3.8, 4) is 17.2 Å². The first kappa shape index (κ1) is 20.3. The minimum absolute atomic E-state index is 0.176. The topological polar surface area (TPSA) is 69.3 Å². The van der Waals surface area contributed by atoms with E-state index in [4.69, 9.17) is 18.9 Å². The van der Waals surface area contributed by atoms with E-state index in [1.54, 1.807) is 12.1 Å². The maximum absolute atomic E-state index is 12.6. The van der Waals surface area contributed by atoms with Gasteiger partial charge >= 0.3 is 0 Å². The van der Waals surface area contributed by atoms with Crippen molar-refractivity contribution in [1.29, 1.82) is 0 Å². The second kappa shape index (κ2) is 9.09. The molecule has 1 saturated heterocycles. The molecule has 7 nitrogen and oxygen atoms in total. The number of methoxy groups -OCH3 is 3. The summed E-state index contributed by atoms with van der Waals surface area (Å²) in [5.41, 5.74) is 0.468. The van der Waals surface area contributed by atoms with E-state index in [1.165, 1.54) is 21.3 Å². The Morgan fingerprint density at radius 2 is 1.69 bits per heavy atom. The first-order valence-electron chi connectivity index (χ1n) is 8.87. The van der Waals surface area contributed by atoms with Crippen LogP contribution in [0.2, 0.25) is 0 Å². The number of amides is 1. The Labute approximate surface area is 155 Å². The SMILES string of the molecule is COc1cc(C(=O)NCC(C)N2CC(C)OC(C)C2)cc(OC)c1OC. The number of hydrogen-bond donors (Lipinski definition) is 1. The van der Waals surface area contributed by atoms with E-state index in [9.17, 15) is 4.79 Å². The van der Waals surface area contributed by atoms with Gasteiger partial charge in [-0.1, -0.05) is 0 Å². The first-order chi connectivity index (χ1) is 12.4. The summed E-state index contributed by atoms with van der Waals surface area (Å²) in [6.07, 6.45) is 0.402. The Morgan fingerprint density at radius 1 is 1.15 bits per heavy atom. The van der Waals surface area contributed by atoms with E-state index in [0.29, 0.717) is 29.4 Å². The number of carbonyl (C=O) groups is 1. The lowest BCUT2D eigenvalue weighted by molar-refractivity contribution is -0.0778. The van der Waals surface area contributed by atoms with Gasteiger partial charge in [-0.05, 0) is 32.9 Å². The molecule has 3 unspecified atom stereocenters. The Bertz CT molecular complexity index is 587. The van der Waals surface area contributed by atoms with Crippen LogP contribution in [0, 0.1) is 0 Å². The molecule has 1 aromatic rings. The number of nitrogens with one attached hydrogen (secondary N) is 1. The third-order valence-corrected chi connectivity index (χ3v) is 4.56. The van der Waals surface area contributed by atoms with Crippen molar-refractivity contribution in [2.24, 2.45) is 0 Å². The molecule has 2 rings (SSSR count). The lowest BCUT2D eigenvalue weighted by atomic mass is 10.1. The lowest BCUT2D eigenvalue weighted by Gasteiger charge is -2.39. The van der Waals surface area contributed by atoms with Crippen LogP contribution in [0.4, 0.5) is 0 Å². The summed E-state index contributed by atoms with van der Waals surface area (Å²) in [6.45, 7) is 8.54. The lowest BCUT2D eigenvalue weighted by Crippen LogP contribution is -2.52. The van der Waals surface area contributed by atoms with Crippen molar-refractivity contribution in [2.45, 2.75) is 39.0 Å². The normalized spacial score (nSPS) is 21.8. The summed E-state index contributed by atoms with van der Waals surface area (Å²) in [5, 5.41) is 2.99. The van der Waals surface area contributed by atoms with Crippen molar-refractivity contribution in [2.75, 3.05) is 41.0 Å². The van der Waals surface area contributed by atoms with E-state index < -0.39 is 0 Å². The number of nitrogens with zero attached hydrogens (tertiary/aromatic N) is 1. The molecule has 7 heteroatoms. The number of morpholine rings is 1. The fourth-order valence-corrected chi connectivity index (χ4v) is 3.26. The molecule has 26 heavy (non-hydrogen) atoms. The standard InChI is InChI=1S/C19H30N2O5/c1-12(21-10-13(2)26-14(3)11-21)9-20-19(22)15-7-16(23-4)18(25-6)17(8-15)24-5/h7-8,12-14H,9-11H2,1-6H3,(H,20,22). The second-order valence-corrected chi connectivity index (χ2v) is 6.68. The van der Waals surface area contributed by atoms with Gasteiger partial charge in [-0.3, -0.25) is 9.69 Å². The van der Waals surface area contributed by atoms with Crippen LogP contribution in [0.1, 0.15) is 31.1 Å². The largest absolute Gasteiger partial charge is 0.493 e. The molecule has 3 atom stereocenters. The highest BCUT2D eigenvalue weighted by Crippen LogP contribution is 2.38. The highest BCUT2D eigenvalue weighted by Gasteiger charge is 2.26. The Kier molecular flexibility index (Phi) is 7.11. The summed E-state index contributed by atoms with van der Waals surface area (Å²) >= 11 is 0. The molecule has 1 amide bonds. The molecule has 0 bridgehead atoms. The van der Waals surface area contributed by atoms with Crippen molar-refractivity contribution < 1.29 is 23.7 Å². The average Bonchev–Trinajstić information content (AvgIpc) is 2.63. The highest BCUT2D eigenvalue weighted by atomic mass is 16.5. The predicted octanol–water partition coefficient (Wildman–Crippen LogP) is 1.94. The molecular formula is C19H30N2O5. The van der Waals surface area contributed by atoms with Gasteiger partial charge in [0.15, 0.2) is 11.5 Å². The van der Waals surface area contributed by atoms with E-state index in [0.717, 1.165) is 13.1 Å². The molecule has 0 spiro atoms. The Morgan fingerprint density at radius 3 is 2.15 bits per heavy atom. The van der Waals surface area contributed by atoms with Crippen molar-refractivity contribution in [1.82, 2.24) is 10.2 Å². The molecule has 1 fully saturated rings. The van der Waals surface area contributed by atoms with Crippen molar-refractivity contribution >= 4 is 5.91 Å². The number of hydrogen-bond acceptors (Lipinski definition) is 6. The fraction of sp³-hybridized carbons (Fsp3) is 0.632. The Balaban J connectivity index is 2.03. The van der Waals surface area contributed by atoms with Crippen LogP contribution < -0.4 is 19.5 Å². The van der Waals surface area contributed by atoms with Gasteiger partial charge in [-0.25, -0.2) is 0 Å². The van der Waals surface area contributed by atoms with Crippen LogP contribution in [0.3, 0.4) is 0 Å². The van der Waals surface area contributed by atoms with E-state index in [-0.39, 0.29) is 24.2 Å². The number of carbonyl (C=O) groups excluding carboxylic acids is 1. The van der Waals surface area contributed by atoms with Crippen molar-refractivity contribution in [3.63, 3.8) is 0 Å². The molecule has 1 aliphatic rings. The van der Waals surface area contributed by atoms with E-state index >= 15 is 0 Å². The van der Waals surface area contributed by atoms with Crippen LogP contribution in [0.25, 0.3) is 0 Å². The molecule has 0 aromatic heterocycles. The van der Waals surface area contributed by atoms with Crippen LogP contribution in [0.5, 0.6) is 17.2 Å². The maximum atomic E-state index is 12.6. The zero-order valence-electron chi connectivity index (χ0n) is 16.5. The molecule has 0 radical (unpaired) electrons. The summed E-state index contributed by atoms with van der Waals surface area (Å²) in [7, 11) is 4.59. The van der Waals surface area contributed by atoms with Gasteiger partial charge in [0.2, 0.25) is 5.75 Å². The van der Waals surface area contributed by atoms with E-state index in [2.05, 4.69) is 31.0 Å². The Hall–Kier alpha value is -1.99. The van der Waals surface area contributed by atoms with Crippen LogP contribution in [-0.4, -0.2) is 70.0 Å². The number of ether oxygens (including phenoxy) is 4. The third-order valence-electron chi connectivity index (χ3n) is 4.56. The zero-order chi connectivity index (χ0) is 19.3. The van der Waals surface area contributed by atoms with Crippen LogP contribution in [0.15, 0.2) is 12.1 Å². The van der Waals surface area contributed by atoms with Gasteiger partial charge in [0, 0.05) is 31.2 Å². The molecule has 1 aromatic carbocycles. The van der Waals surface area contributed by atoms with Gasteiger partial charge < -0.3 is 24.3 Å². The molecule has 1 heterocycles. The van der Waals surface area contributed by atoms with Gasteiger partial charge in [0.1, 0.15) is 0 Å². The number of benzene rings is 1. The van der Waals surface area contributed by atoms with Crippen molar-refractivity contribution in [3.05, 3.63) is 17.7 Å². The zero-order valence-corrected chi connectivity index (χ0v) is 16.5. The number of rotatable bonds is 7. The van der Waals surface area contributed by atoms with Gasteiger partial charge in [0.25, 0.3) is 5.91 Å². The quantitative estimate of drug-likeness (QED) is 0.795. The predicted molar refractivity (Wildman–Crippen MR) is 99.5 cm³/mol. The van der Waals surface area contributed by atoms with Crippen LogP contribution >= 0.6 is 0 Å². The summed E-state index contributed by atoms with van der Waals surface area (Å²) in [6, 6.07) is 3.52. The average molecular weight is 366 g/mol. The fourth-order valence-electron chi connectivity index (χ4n) is 3.26. The van der Waals surface area contributed by atoms with Gasteiger partial charge in [-0.2, -0.15) is 0 Å². The molecule has 0 saturated carbocycles. The molecule has 1 aliphatic heterocycles. The summed E-state index contributed by atoms with van der Waals surface area (Å²) < 4.78 is 21.7. The molecule has 1 N–H and O–H groups in total. The molecule has 146 valence electrons. The second-order valence-electron chi connectivity index (χ2n) is 6.68. The smallest absolute Gasteiger partial charge is 0.251 e. The third kappa shape index (κ3) is 4.80. The first-order valence-corrected chi connectivity index (χ1v) is 8.87. The van der Waals surface area contributed by atoms with Gasteiger partial charge in [-0.15, -0.1) is 0 Å². The summed E-state index contributed by atoms with van der Waals surface area (Å²) in [4.78, 5) is 14.9. The van der Waals surface area contributed by atoms with Crippen LogP contribution in [-0.2, 0) is 4.74 Å². The minimum Gasteiger partial charge on any atom is -0.493 e. The summed E-state index contributed by atoms with van der Waals surface area (Å²) in [5.74, 6) is 1.21. The minimum atomic E-state index is -0.176. The molecular weight excluding hydrogens is 336 g/mol. The van der Waals surface area contributed by atoms with E-state index in [1.807, 2.05) is 0 Å². The highest BCUT2D eigenvalue weighted by molar-refractivity contribution is 5.95.